The van der Waals surface area contributed by atoms with E-state index >= 15 is 0 Å². The first-order valence-corrected chi connectivity index (χ1v) is 8.99. The second-order valence-electron chi connectivity index (χ2n) is 6.22. The third-order valence-corrected chi connectivity index (χ3v) is 4.15. The van der Waals surface area contributed by atoms with E-state index in [9.17, 15) is 14.9 Å². The molecule has 3 aromatic rings. The van der Waals surface area contributed by atoms with Crippen LogP contribution in [0.5, 0.6) is 5.75 Å². The van der Waals surface area contributed by atoms with Gasteiger partial charge in [-0.05, 0) is 59.7 Å². The predicted molar refractivity (Wildman–Crippen MR) is 113 cm³/mol. The second-order valence-corrected chi connectivity index (χ2v) is 6.22. The van der Waals surface area contributed by atoms with Gasteiger partial charge in [-0.3, -0.25) is 15.5 Å². The van der Waals surface area contributed by atoms with Crippen molar-refractivity contribution < 1.29 is 19.2 Å². The molecule has 0 amide bonds. The third kappa shape index (κ3) is 5.65. The number of nitro benzene ring substituents is 1. The van der Waals surface area contributed by atoms with E-state index in [2.05, 4.69) is 15.3 Å². The summed E-state index contributed by atoms with van der Waals surface area (Å²) in [5, 5.41) is 14.8. The Hall–Kier alpha value is -4.20. The van der Waals surface area contributed by atoms with Crippen molar-refractivity contribution in [2.75, 3.05) is 12.5 Å². The molecule has 0 aromatic heterocycles. The highest BCUT2D eigenvalue weighted by molar-refractivity contribution is 5.89. The molecule has 3 aromatic carbocycles. The summed E-state index contributed by atoms with van der Waals surface area (Å²) in [6.45, 7) is 0.372. The van der Waals surface area contributed by atoms with Gasteiger partial charge in [0.15, 0.2) is 0 Å². The molecule has 0 heterocycles. The SMILES string of the molecule is COC(=O)c1ccc(COc2ccc(/C=N/Nc3ccc([N+](=O)[O-])cc3)cc2)cc1. The van der Waals surface area contributed by atoms with Gasteiger partial charge in [0.2, 0.25) is 0 Å². The fraction of sp³-hybridized carbons (Fsp3) is 0.0909. The molecule has 8 heteroatoms. The van der Waals surface area contributed by atoms with Crippen molar-refractivity contribution in [3.8, 4) is 5.75 Å². The van der Waals surface area contributed by atoms with Gasteiger partial charge in [-0.15, -0.1) is 0 Å². The average Bonchev–Trinajstić information content (AvgIpc) is 2.78. The largest absolute Gasteiger partial charge is 0.489 e. The van der Waals surface area contributed by atoms with Gasteiger partial charge < -0.3 is 9.47 Å². The van der Waals surface area contributed by atoms with Crippen LogP contribution in [0.2, 0.25) is 0 Å². The zero-order valence-corrected chi connectivity index (χ0v) is 16.1. The van der Waals surface area contributed by atoms with Gasteiger partial charge in [0, 0.05) is 12.1 Å². The quantitative estimate of drug-likeness (QED) is 0.258. The number of benzene rings is 3. The lowest BCUT2D eigenvalue weighted by Gasteiger charge is -2.07. The van der Waals surface area contributed by atoms with E-state index < -0.39 is 4.92 Å². The summed E-state index contributed by atoms with van der Waals surface area (Å²) in [6.07, 6.45) is 1.64. The molecule has 0 aliphatic rings. The van der Waals surface area contributed by atoms with E-state index in [1.807, 2.05) is 36.4 Å². The number of nitrogens with one attached hydrogen (secondary N) is 1. The number of ether oxygens (including phenoxy) is 2. The number of rotatable bonds is 8. The number of carbonyl (C=O) groups is 1. The molecule has 3 rings (SSSR count). The van der Waals surface area contributed by atoms with Gasteiger partial charge in [-0.25, -0.2) is 4.79 Å². The van der Waals surface area contributed by atoms with Gasteiger partial charge in [-0.2, -0.15) is 5.10 Å². The molecule has 0 atom stereocenters. The Morgan fingerprint density at radius 2 is 1.70 bits per heavy atom. The van der Waals surface area contributed by atoms with Crippen LogP contribution >= 0.6 is 0 Å². The Labute approximate surface area is 172 Å². The number of hydrazone groups is 1. The fourth-order valence-corrected chi connectivity index (χ4v) is 2.51. The van der Waals surface area contributed by atoms with Crippen LogP contribution in [0.3, 0.4) is 0 Å². The van der Waals surface area contributed by atoms with E-state index in [-0.39, 0.29) is 11.7 Å². The molecule has 0 aliphatic carbocycles. The van der Waals surface area contributed by atoms with Crippen molar-refractivity contribution in [3.63, 3.8) is 0 Å². The van der Waals surface area contributed by atoms with Gasteiger partial charge in [0.05, 0.1) is 29.5 Å². The van der Waals surface area contributed by atoms with E-state index in [0.29, 0.717) is 23.6 Å². The van der Waals surface area contributed by atoms with Crippen molar-refractivity contribution in [2.45, 2.75) is 6.61 Å². The summed E-state index contributed by atoms with van der Waals surface area (Å²) in [5.41, 5.74) is 5.78. The summed E-state index contributed by atoms with van der Waals surface area (Å²) in [7, 11) is 1.35. The predicted octanol–water partition coefficient (Wildman–Crippen LogP) is 4.41. The van der Waals surface area contributed by atoms with Crippen molar-refractivity contribution in [1.29, 1.82) is 0 Å². The van der Waals surface area contributed by atoms with Crippen LogP contribution in [0.1, 0.15) is 21.5 Å². The highest BCUT2D eigenvalue weighted by atomic mass is 16.6. The van der Waals surface area contributed by atoms with Gasteiger partial charge in [0.1, 0.15) is 12.4 Å². The lowest BCUT2D eigenvalue weighted by molar-refractivity contribution is -0.384. The molecule has 0 fully saturated rings. The van der Waals surface area contributed by atoms with Crippen LogP contribution in [0.25, 0.3) is 0 Å². The highest BCUT2D eigenvalue weighted by Crippen LogP contribution is 2.16. The summed E-state index contributed by atoms with van der Waals surface area (Å²) in [5.74, 6) is 0.329. The van der Waals surface area contributed by atoms with Crippen LogP contribution < -0.4 is 10.2 Å². The van der Waals surface area contributed by atoms with Crippen molar-refractivity contribution in [1.82, 2.24) is 0 Å². The molecule has 1 N–H and O–H groups in total. The van der Waals surface area contributed by atoms with Crippen molar-refractivity contribution >= 4 is 23.6 Å². The minimum Gasteiger partial charge on any atom is -0.489 e. The van der Waals surface area contributed by atoms with Crippen LogP contribution in [-0.2, 0) is 11.3 Å². The lowest BCUT2D eigenvalue weighted by atomic mass is 10.1. The van der Waals surface area contributed by atoms with Gasteiger partial charge in [0.25, 0.3) is 5.69 Å². The number of methoxy groups -OCH3 is 1. The zero-order valence-electron chi connectivity index (χ0n) is 16.1. The monoisotopic (exact) mass is 405 g/mol. The number of nitrogens with zero attached hydrogens (tertiary/aromatic N) is 2. The van der Waals surface area contributed by atoms with Crippen molar-refractivity contribution in [2.24, 2.45) is 5.10 Å². The first-order valence-electron chi connectivity index (χ1n) is 8.99. The second kappa shape index (κ2) is 9.83. The molecule has 0 saturated carbocycles. The van der Waals surface area contributed by atoms with Gasteiger partial charge >= 0.3 is 5.97 Å². The first-order chi connectivity index (χ1) is 14.5. The Morgan fingerprint density at radius 1 is 1.03 bits per heavy atom. The number of nitro groups is 1. The number of non-ortho nitro benzene ring substituents is 1. The Morgan fingerprint density at radius 3 is 2.30 bits per heavy atom. The topological polar surface area (TPSA) is 103 Å². The van der Waals surface area contributed by atoms with Crippen molar-refractivity contribution in [3.05, 3.63) is 99.6 Å². The summed E-state index contributed by atoms with van der Waals surface area (Å²) < 4.78 is 10.4. The normalized spacial score (nSPS) is 10.6. The molecule has 0 spiro atoms. The Kier molecular flexibility index (Phi) is 6.73. The molecule has 30 heavy (non-hydrogen) atoms. The minimum atomic E-state index is -0.450. The smallest absolute Gasteiger partial charge is 0.337 e. The maximum absolute atomic E-state index is 11.4. The molecule has 0 saturated heterocycles. The molecular formula is C22H19N3O5. The molecule has 152 valence electrons. The summed E-state index contributed by atoms with van der Waals surface area (Å²) in [4.78, 5) is 21.6. The van der Waals surface area contributed by atoms with E-state index in [0.717, 1.165) is 11.1 Å². The standard InChI is InChI=1S/C22H19N3O5/c1-29-22(26)18-6-2-17(3-7-18)15-30-21-12-4-16(5-13-21)14-23-24-19-8-10-20(11-9-19)25(27)28/h2-14,24H,15H2,1H3/b23-14+. The summed E-state index contributed by atoms with van der Waals surface area (Å²) >= 11 is 0. The minimum absolute atomic E-state index is 0.0273. The molecule has 8 nitrogen and oxygen atoms in total. The summed E-state index contributed by atoms with van der Waals surface area (Å²) in [6, 6.07) is 20.4. The number of hydrogen-bond acceptors (Lipinski definition) is 7. The van der Waals surface area contributed by atoms with Crippen LogP contribution in [0.4, 0.5) is 11.4 Å². The molecular weight excluding hydrogens is 386 g/mol. The maximum Gasteiger partial charge on any atom is 0.337 e. The van der Waals surface area contributed by atoms with Crippen LogP contribution in [0.15, 0.2) is 77.9 Å². The zero-order chi connectivity index (χ0) is 21.3. The van der Waals surface area contributed by atoms with Crippen LogP contribution in [0, 0.1) is 10.1 Å². The molecule has 0 unspecified atom stereocenters. The number of carbonyl (C=O) groups excluding carboxylic acids is 1. The number of esters is 1. The Bertz CT molecular complexity index is 1030. The third-order valence-electron chi connectivity index (χ3n) is 4.15. The average molecular weight is 405 g/mol. The first kappa shape index (κ1) is 20.5. The molecule has 0 radical (unpaired) electrons. The van der Waals surface area contributed by atoms with Gasteiger partial charge in [-0.1, -0.05) is 12.1 Å². The number of hydrogen-bond donors (Lipinski definition) is 1. The maximum atomic E-state index is 11.4. The molecule has 0 aliphatic heterocycles. The lowest BCUT2D eigenvalue weighted by Crippen LogP contribution is -2.02. The molecule has 0 bridgehead atoms. The van der Waals surface area contributed by atoms with E-state index in [4.69, 9.17) is 4.74 Å². The Balaban J connectivity index is 1.50. The number of anilines is 1. The van der Waals surface area contributed by atoms with E-state index in [1.165, 1.54) is 19.2 Å². The highest BCUT2D eigenvalue weighted by Gasteiger charge is 2.05. The van der Waals surface area contributed by atoms with E-state index in [1.54, 1.807) is 30.5 Å². The van der Waals surface area contributed by atoms with Crippen LogP contribution in [-0.4, -0.2) is 24.2 Å². The fourth-order valence-electron chi connectivity index (χ4n) is 2.51.